The lowest BCUT2D eigenvalue weighted by molar-refractivity contribution is -0.167. The van der Waals surface area contributed by atoms with Gasteiger partial charge in [-0.1, -0.05) is 56.7 Å². The van der Waals surface area contributed by atoms with Gasteiger partial charge >= 0.3 is 11.9 Å². The van der Waals surface area contributed by atoms with Crippen LogP contribution in [0.15, 0.2) is 54.6 Å². The maximum atomic E-state index is 11.5. The first-order valence-corrected chi connectivity index (χ1v) is 12.9. The van der Waals surface area contributed by atoms with Crippen molar-refractivity contribution in [1.82, 2.24) is 0 Å². The van der Waals surface area contributed by atoms with Crippen molar-refractivity contribution >= 4 is 11.9 Å². The molecular weight excluding hydrogens is 468 g/mol. The van der Waals surface area contributed by atoms with Crippen molar-refractivity contribution in [3.63, 3.8) is 0 Å². The Morgan fingerprint density at radius 1 is 0.784 bits per heavy atom. The quantitative estimate of drug-likeness (QED) is 0.333. The van der Waals surface area contributed by atoms with E-state index in [4.69, 9.17) is 9.47 Å². The first kappa shape index (κ1) is 26.6. The van der Waals surface area contributed by atoms with E-state index in [1.54, 1.807) is 6.07 Å². The Balaban J connectivity index is 1.62. The SMILES string of the molecule is CCCc1cc(C2(CC)OCCO2)ccc1-c1cc(CCc2ccc(C(=O)O)c(C(=O)O)c2)ccc1C. The first-order chi connectivity index (χ1) is 17.8. The highest BCUT2D eigenvalue weighted by Gasteiger charge is 2.37. The number of benzene rings is 3. The van der Waals surface area contributed by atoms with Crippen LogP contribution in [0.25, 0.3) is 11.1 Å². The maximum absolute atomic E-state index is 11.5. The monoisotopic (exact) mass is 502 g/mol. The van der Waals surface area contributed by atoms with E-state index in [0.717, 1.165) is 36.0 Å². The molecule has 0 saturated carbocycles. The largest absolute Gasteiger partial charge is 0.478 e. The number of aryl methyl sites for hydroxylation is 4. The molecule has 194 valence electrons. The summed E-state index contributed by atoms with van der Waals surface area (Å²) >= 11 is 0. The van der Waals surface area contributed by atoms with Crippen molar-refractivity contribution in [2.75, 3.05) is 13.2 Å². The molecule has 37 heavy (non-hydrogen) atoms. The third-order valence-corrected chi connectivity index (χ3v) is 7.12. The lowest BCUT2D eigenvalue weighted by Gasteiger charge is -2.27. The van der Waals surface area contributed by atoms with Crippen LogP contribution in [-0.4, -0.2) is 35.4 Å². The summed E-state index contributed by atoms with van der Waals surface area (Å²) in [5, 5.41) is 18.7. The highest BCUT2D eigenvalue weighted by atomic mass is 16.7. The van der Waals surface area contributed by atoms with Crippen LogP contribution in [0.4, 0.5) is 0 Å². The van der Waals surface area contributed by atoms with E-state index >= 15 is 0 Å². The third-order valence-electron chi connectivity index (χ3n) is 7.12. The molecule has 1 heterocycles. The van der Waals surface area contributed by atoms with Gasteiger partial charge in [0.05, 0.1) is 24.3 Å². The van der Waals surface area contributed by atoms with Crippen molar-refractivity contribution < 1.29 is 29.3 Å². The van der Waals surface area contributed by atoms with Gasteiger partial charge < -0.3 is 19.7 Å². The molecule has 1 saturated heterocycles. The minimum absolute atomic E-state index is 0.182. The molecule has 2 N–H and O–H groups in total. The Labute approximate surface area is 217 Å². The Kier molecular flexibility index (Phi) is 8.10. The van der Waals surface area contributed by atoms with Crippen molar-refractivity contribution in [1.29, 1.82) is 0 Å². The van der Waals surface area contributed by atoms with E-state index in [1.165, 1.54) is 34.4 Å². The Morgan fingerprint density at radius 2 is 1.43 bits per heavy atom. The molecule has 3 aromatic carbocycles. The summed E-state index contributed by atoms with van der Waals surface area (Å²) in [4.78, 5) is 22.9. The van der Waals surface area contributed by atoms with Gasteiger partial charge in [-0.2, -0.15) is 0 Å². The molecule has 1 aliphatic rings. The molecule has 0 unspecified atom stereocenters. The fourth-order valence-corrected chi connectivity index (χ4v) is 5.11. The minimum Gasteiger partial charge on any atom is -0.478 e. The van der Waals surface area contributed by atoms with Crippen molar-refractivity contribution in [2.24, 2.45) is 0 Å². The number of hydrogen-bond donors (Lipinski definition) is 2. The Morgan fingerprint density at radius 3 is 2.05 bits per heavy atom. The molecule has 0 atom stereocenters. The van der Waals surface area contributed by atoms with Crippen LogP contribution in [0.3, 0.4) is 0 Å². The molecule has 0 aromatic heterocycles. The van der Waals surface area contributed by atoms with Gasteiger partial charge in [0.25, 0.3) is 0 Å². The zero-order chi connectivity index (χ0) is 26.6. The second-order valence-corrected chi connectivity index (χ2v) is 9.56. The highest BCUT2D eigenvalue weighted by molar-refractivity contribution is 6.01. The summed E-state index contributed by atoms with van der Waals surface area (Å²) in [7, 11) is 0. The number of aromatic carboxylic acids is 2. The summed E-state index contributed by atoms with van der Waals surface area (Å²) in [6.07, 6.45) is 4.04. The van der Waals surface area contributed by atoms with Gasteiger partial charge in [0, 0.05) is 12.0 Å². The molecule has 0 radical (unpaired) electrons. The molecule has 4 rings (SSSR count). The van der Waals surface area contributed by atoms with Crippen LogP contribution < -0.4 is 0 Å². The number of ether oxygens (including phenoxy) is 2. The van der Waals surface area contributed by atoms with E-state index in [-0.39, 0.29) is 11.1 Å². The molecule has 1 aliphatic heterocycles. The second kappa shape index (κ2) is 11.3. The molecule has 6 nitrogen and oxygen atoms in total. The average Bonchev–Trinajstić information content (AvgIpc) is 3.39. The van der Waals surface area contributed by atoms with Crippen molar-refractivity contribution in [3.05, 3.63) is 93.5 Å². The van der Waals surface area contributed by atoms with Crippen molar-refractivity contribution in [2.45, 2.75) is 58.7 Å². The summed E-state index contributed by atoms with van der Waals surface area (Å²) in [5.74, 6) is -3.14. The normalized spacial score (nSPS) is 14.6. The van der Waals surface area contributed by atoms with Gasteiger partial charge in [-0.05, 0) is 77.8 Å². The standard InChI is InChI=1S/C31H34O6/c1-4-6-23-19-24(31(5-2)36-15-16-37-31)12-14-25(23)27-17-21(8-7-20(27)3)9-10-22-11-13-26(29(32)33)28(18-22)30(34)35/h7-8,11-14,17-19H,4-6,9-10,15-16H2,1-3H3,(H,32,33)(H,34,35). The fourth-order valence-electron chi connectivity index (χ4n) is 5.11. The highest BCUT2D eigenvalue weighted by Crippen LogP contribution is 2.38. The molecule has 0 bridgehead atoms. The lowest BCUT2D eigenvalue weighted by atomic mass is 9.88. The zero-order valence-corrected chi connectivity index (χ0v) is 21.7. The number of carboxylic acid groups (broad SMARTS) is 2. The molecule has 0 amide bonds. The number of carbonyl (C=O) groups is 2. The second-order valence-electron chi connectivity index (χ2n) is 9.56. The number of hydrogen-bond acceptors (Lipinski definition) is 4. The molecular formula is C31H34O6. The minimum atomic E-state index is -1.24. The van der Waals surface area contributed by atoms with Gasteiger partial charge in [0.1, 0.15) is 0 Å². The van der Waals surface area contributed by atoms with Gasteiger partial charge in [-0.25, -0.2) is 9.59 Å². The summed E-state index contributed by atoms with van der Waals surface area (Å²) in [6, 6.07) is 17.5. The van der Waals surface area contributed by atoms with Crippen molar-refractivity contribution in [3.8, 4) is 11.1 Å². The summed E-state index contributed by atoms with van der Waals surface area (Å²) in [5.41, 5.74) is 7.45. The summed E-state index contributed by atoms with van der Waals surface area (Å²) in [6.45, 7) is 7.59. The predicted molar refractivity (Wildman–Crippen MR) is 142 cm³/mol. The maximum Gasteiger partial charge on any atom is 0.336 e. The van der Waals surface area contributed by atoms with Crippen LogP contribution >= 0.6 is 0 Å². The van der Waals surface area contributed by atoms with Gasteiger partial charge in [-0.15, -0.1) is 0 Å². The lowest BCUT2D eigenvalue weighted by Crippen LogP contribution is -2.26. The van der Waals surface area contributed by atoms with E-state index in [1.807, 2.05) is 0 Å². The molecule has 0 aliphatic carbocycles. The van der Waals surface area contributed by atoms with E-state index in [0.29, 0.717) is 26.1 Å². The van der Waals surface area contributed by atoms with Gasteiger partial charge in [-0.3, -0.25) is 0 Å². The van der Waals surface area contributed by atoms with Crippen LogP contribution in [0.5, 0.6) is 0 Å². The fraction of sp³-hybridized carbons (Fsp3) is 0.355. The molecule has 3 aromatic rings. The third kappa shape index (κ3) is 5.60. The first-order valence-electron chi connectivity index (χ1n) is 12.9. The summed E-state index contributed by atoms with van der Waals surface area (Å²) < 4.78 is 12.0. The predicted octanol–water partition coefficient (Wildman–Crippen LogP) is 6.41. The van der Waals surface area contributed by atoms with Gasteiger partial charge in [0.15, 0.2) is 5.79 Å². The molecule has 6 heteroatoms. The zero-order valence-electron chi connectivity index (χ0n) is 21.7. The Bertz CT molecular complexity index is 1300. The smallest absolute Gasteiger partial charge is 0.336 e. The van der Waals surface area contributed by atoms with E-state index in [9.17, 15) is 19.8 Å². The Hall–Kier alpha value is -3.48. The molecule has 1 fully saturated rings. The molecule has 0 spiro atoms. The van der Waals surface area contributed by atoms with Crippen LogP contribution in [0.1, 0.15) is 75.2 Å². The number of rotatable bonds is 10. The van der Waals surface area contributed by atoms with E-state index < -0.39 is 17.7 Å². The van der Waals surface area contributed by atoms with E-state index in [2.05, 4.69) is 57.2 Å². The van der Waals surface area contributed by atoms with Gasteiger partial charge in [0.2, 0.25) is 0 Å². The van der Waals surface area contributed by atoms with Crippen LogP contribution in [-0.2, 0) is 34.5 Å². The average molecular weight is 503 g/mol. The van der Waals surface area contributed by atoms with Crippen LogP contribution in [0.2, 0.25) is 0 Å². The van der Waals surface area contributed by atoms with Crippen LogP contribution in [0, 0.1) is 6.92 Å². The topological polar surface area (TPSA) is 93.1 Å². The number of carboxylic acids is 2.